The summed E-state index contributed by atoms with van der Waals surface area (Å²) in [6, 6.07) is 0. The Morgan fingerprint density at radius 3 is 2.55 bits per heavy atom. The molecule has 0 aromatic carbocycles. The summed E-state index contributed by atoms with van der Waals surface area (Å²) in [6.45, 7) is 10.3. The summed E-state index contributed by atoms with van der Waals surface area (Å²) in [5.41, 5.74) is 1.45. The van der Waals surface area contributed by atoms with Gasteiger partial charge in [0.05, 0.1) is 5.60 Å². The molecule has 0 fully saturated rings. The van der Waals surface area contributed by atoms with E-state index >= 15 is 0 Å². The fraction of sp³-hybridized carbons (Fsp3) is 0.650. The first-order chi connectivity index (χ1) is 10.2. The first kappa shape index (κ1) is 18.9. The van der Waals surface area contributed by atoms with Crippen molar-refractivity contribution in [1.29, 1.82) is 0 Å². The minimum absolute atomic E-state index is 0.00556. The summed E-state index contributed by atoms with van der Waals surface area (Å²) >= 11 is 0. The van der Waals surface area contributed by atoms with Gasteiger partial charge in [-0.2, -0.15) is 0 Å². The molecule has 1 unspecified atom stereocenters. The van der Waals surface area contributed by atoms with Crippen molar-refractivity contribution in [1.82, 2.24) is 0 Å². The molecule has 0 amide bonds. The summed E-state index contributed by atoms with van der Waals surface area (Å²) in [7, 11) is 0. The van der Waals surface area contributed by atoms with Crippen molar-refractivity contribution in [3.8, 4) is 0 Å². The number of aliphatic hydroxyl groups is 1. The monoisotopic (exact) mass is 304 g/mol. The van der Waals surface area contributed by atoms with Gasteiger partial charge in [0, 0.05) is 6.42 Å². The Morgan fingerprint density at radius 1 is 1.23 bits per heavy atom. The maximum absolute atomic E-state index is 12.1. The van der Waals surface area contributed by atoms with Gasteiger partial charge < -0.3 is 5.11 Å². The van der Waals surface area contributed by atoms with E-state index in [1.165, 1.54) is 5.57 Å². The lowest BCUT2D eigenvalue weighted by molar-refractivity contribution is -0.117. The van der Waals surface area contributed by atoms with E-state index in [2.05, 4.69) is 32.9 Å². The van der Waals surface area contributed by atoms with Crippen LogP contribution in [0.25, 0.3) is 0 Å². The van der Waals surface area contributed by atoms with Gasteiger partial charge in [0.2, 0.25) is 0 Å². The van der Waals surface area contributed by atoms with Crippen LogP contribution in [0.15, 0.2) is 35.5 Å². The Morgan fingerprint density at radius 2 is 1.91 bits per heavy atom. The number of rotatable bonds is 1. The minimum atomic E-state index is -1.06. The summed E-state index contributed by atoms with van der Waals surface area (Å²) in [5.74, 6) is 0.974. The fourth-order valence-electron chi connectivity index (χ4n) is 2.84. The highest BCUT2D eigenvalue weighted by Gasteiger charge is 2.21. The number of carbonyl (C=O) groups is 1. The molecule has 0 aromatic rings. The van der Waals surface area contributed by atoms with E-state index in [0.717, 1.165) is 31.3 Å². The van der Waals surface area contributed by atoms with Crippen molar-refractivity contribution in [2.24, 2.45) is 11.8 Å². The van der Waals surface area contributed by atoms with Gasteiger partial charge in [-0.1, -0.05) is 43.2 Å². The summed E-state index contributed by atoms with van der Waals surface area (Å²) in [5, 5.41) is 10.4. The molecule has 2 atom stereocenters. The second-order valence-corrected chi connectivity index (χ2v) is 7.39. The fourth-order valence-corrected chi connectivity index (χ4v) is 2.84. The molecule has 0 spiro atoms. The van der Waals surface area contributed by atoms with Crippen LogP contribution in [0, 0.1) is 11.8 Å². The van der Waals surface area contributed by atoms with Crippen LogP contribution in [0.2, 0.25) is 0 Å². The van der Waals surface area contributed by atoms with E-state index < -0.39 is 5.60 Å². The van der Waals surface area contributed by atoms with E-state index in [4.69, 9.17) is 0 Å². The third kappa shape index (κ3) is 7.22. The molecule has 2 heteroatoms. The van der Waals surface area contributed by atoms with Gasteiger partial charge in [0.1, 0.15) is 0 Å². The predicted octanol–water partition coefficient (Wildman–Crippen LogP) is 4.99. The van der Waals surface area contributed by atoms with Crippen LogP contribution in [0.5, 0.6) is 0 Å². The lowest BCUT2D eigenvalue weighted by Gasteiger charge is -2.22. The lowest BCUT2D eigenvalue weighted by Crippen LogP contribution is -2.25. The number of hydrogen-bond acceptors (Lipinski definition) is 2. The van der Waals surface area contributed by atoms with Gasteiger partial charge in [-0.3, -0.25) is 4.79 Å². The smallest absolute Gasteiger partial charge is 0.158 e. The zero-order valence-corrected chi connectivity index (χ0v) is 14.9. The molecule has 22 heavy (non-hydrogen) atoms. The molecule has 0 saturated carbocycles. The first-order valence-corrected chi connectivity index (χ1v) is 8.47. The first-order valence-electron chi connectivity index (χ1n) is 8.47. The van der Waals surface area contributed by atoms with Crippen molar-refractivity contribution in [2.45, 2.75) is 72.3 Å². The quantitative estimate of drug-likeness (QED) is 0.693. The molecule has 1 aliphatic carbocycles. The van der Waals surface area contributed by atoms with Crippen LogP contribution >= 0.6 is 0 Å². The Balaban J connectivity index is 2.99. The Bertz CT molecular complexity index is 464. The molecule has 1 aliphatic rings. The third-order valence-corrected chi connectivity index (χ3v) is 4.40. The normalized spacial score (nSPS) is 35.2. The highest BCUT2D eigenvalue weighted by atomic mass is 16.3. The van der Waals surface area contributed by atoms with Crippen LogP contribution < -0.4 is 0 Å². The Labute approximate surface area is 136 Å². The average Bonchev–Trinajstić information content (AvgIpc) is 2.36. The average molecular weight is 304 g/mol. The second kappa shape index (κ2) is 8.47. The standard InChI is InChI=1S/C20H32O2/c1-15(2)18-10-9-16(3)7-6-8-17(4)13-19(21)14-20(5,22)12-11-18/h7,11-13,15,18,22H,6,8-10,14H2,1-5H3/b12-11+,16-7+,17-13-/t18?,20-/m1/s1. The van der Waals surface area contributed by atoms with E-state index in [1.807, 2.05) is 13.0 Å². The molecule has 0 heterocycles. The van der Waals surface area contributed by atoms with E-state index in [1.54, 1.807) is 13.0 Å². The summed E-state index contributed by atoms with van der Waals surface area (Å²) < 4.78 is 0. The highest BCUT2D eigenvalue weighted by Crippen LogP contribution is 2.24. The number of carbonyl (C=O) groups excluding carboxylic acids is 1. The van der Waals surface area contributed by atoms with E-state index in [0.29, 0.717) is 11.8 Å². The molecule has 0 bridgehead atoms. The van der Waals surface area contributed by atoms with Gasteiger partial charge in [-0.15, -0.1) is 0 Å². The number of hydrogen-bond donors (Lipinski definition) is 1. The molecular weight excluding hydrogens is 272 g/mol. The van der Waals surface area contributed by atoms with E-state index in [9.17, 15) is 9.90 Å². The Kier molecular flexibility index (Phi) is 7.28. The predicted molar refractivity (Wildman–Crippen MR) is 93.7 cm³/mol. The molecule has 2 nitrogen and oxygen atoms in total. The molecular formula is C20H32O2. The van der Waals surface area contributed by atoms with Crippen molar-refractivity contribution in [3.63, 3.8) is 0 Å². The van der Waals surface area contributed by atoms with Gasteiger partial charge in [-0.25, -0.2) is 0 Å². The zero-order valence-electron chi connectivity index (χ0n) is 14.9. The largest absolute Gasteiger partial charge is 0.386 e. The third-order valence-electron chi connectivity index (χ3n) is 4.40. The molecule has 1 rings (SSSR count). The van der Waals surface area contributed by atoms with Crippen molar-refractivity contribution >= 4 is 5.78 Å². The number of allylic oxidation sites excluding steroid dienone is 5. The maximum Gasteiger partial charge on any atom is 0.158 e. The number of ketones is 1. The van der Waals surface area contributed by atoms with Gasteiger partial charge in [-0.05, 0) is 64.4 Å². The molecule has 1 N–H and O–H groups in total. The van der Waals surface area contributed by atoms with Gasteiger partial charge in [0.15, 0.2) is 5.78 Å². The molecule has 124 valence electrons. The summed E-state index contributed by atoms with van der Waals surface area (Å²) in [4.78, 5) is 12.1. The maximum atomic E-state index is 12.1. The lowest BCUT2D eigenvalue weighted by atomic mass is 9.86. The van der Waals surface area contributed by atoms with Crippen LogP contribution in [0.3, 0.4) is 0 Å². The van der Waals surface area contributed by atoms with E-state index in [-0.39, 0.29) is 12.2 Å². The molecule has 0 saturated heterocycles. The van der Waals surface area contributed by atoms with Crippen LogP contribution in [0.1, 0.15) is 66.7 Å². The van der Waals surface area contributed by atoms with Crippen LogP contribution in [0.4, 0.5) is 0 Å². The zero-order chi connectivity index (χ0) is 16.8. The minimum Gasteiger partial charge on any atom is -0.386 e. The topological polar surface area (TPSA) is 37.3 Å². The molecule has 0 aromatic heterocycles. The van der Waals surface area contributed by atoms with Crippen molar-refractivity contribution < 1.29 is 9.90 Å². The Hall–Kier alpha value is -1.15. The van der Waals surface area contributed by atoms with Crippen LogP contribution in [-0.4, -0.2) is 16.5 Å². The molecule has 0 aliphatic heterocycles. The summed E-state index contributed by atoms with van der Waals surface area (Å²) in [6.07, 6.45) is 12.2. The second-order valence-electron chi connectivity index (χ2n) is 7.39. The van der Waals surface area contributed by atoms with Crippen molar-refractivity contribution in [3.05, 3.63) is 35.5 Å². The van der Waals surface area contributed by atoms with Gasteiger partial charge >= 0.3 is 0 Å². The van der Waals surface area contributed by atoms with Crippen LogP contribution in [-0.2, 0) is 4.79 Å². The highest BCUT2D eigenvalue weighted by molar-refractivity contribution is 5.91. The SMILES string of the molecule is C/C1=C/C(=O)C[C@](C)(O)/C=C/C(C(C)C)CC/C(C)=C/CC1. The van der Waals surface area contributed by atoms with Gasteiger partial charge in [0.25, 0.3) is 0 Å². The van der Waals surface area contributed by atoms with Crippen molar-refractivity contribution in [2.75, 3.05) is 0 Å². The molecule has 0 radical (unpaired) electrons.